The lowest BCUT2D eigenvalue weighted by atomic mass is 9.85. The highest BCUT2D eigenvalue weighted by Crippen LogP contribution is 2.37. The van der Waals surface area contributed by atoms with E-state index in [2.05, 4.69) is 62.6 Å². The van der Waals surface area contributed by atoms with Gasteiger partial charge in [-0.25, -0.2) is 0 Å². The molecule has 1 amide bonds. The van der Waals surface area contributed by atoms with E-state index >= 15 is 0 Å². The first kappa shape index (κ1) is 19.1. The number of halogens is 1. The quantitative estimate of drug-likeness (QED) is 0.372. The summed E-state index contributed by atoms with van der Waals surface area (Å²) in [6, 6.07) is 26.5. The highest BCUT2D eigenvalue weighted by Gasteiger charge is 2.31. The van der Waals surface area contributed by atoms with Crippen LogP contribution in [0, 0.1) is 0 Å². The number of aryl methyl sites for hydroxylation is 1. The Morgan fingerprint density at radius 2 is 1.63 bits per heavy atom. The van der Waals surface area contributed by atoms with Crippen LogP contribution in [0.25, 0.3) is 10.9 Å². The van der Waals surface area contributed by atoms with E-state index in [1.807, 2.05) is 42.5 Å². The highest BCUT2D eigenvalue weighted by molar-refractivity contribution is 9.10. The maximum absolute atomic E-state index is 13.5. The Bertz CT molecular complexity index is 1140. The van der Waals surface area contributed by atoms with Gasteiger partial charge < -0.3 is 10.3 Å². The van der Waals surface area contributed by atoms with Crippen molar-refractivity contribution >= 4 is 32.7 Å². The molecule has 1 aromatic heterocycles. The van der Waals surface area contributed by atoms with Crippen molar-refractivity contribution < 1.29 is 4.79 Å². The SMILES string of the molecule is O=C(NC(c1ccccc1)c1ccccc1)C1CCCc2c1[nH]c1ccc(Br)cc21. The molecule has 150 valence electrons. The standard InChI is InChI=1S/C26H23BrN2O/c27-19-14-15-23-22(16-19)20-12-7-13-21(25(20)28-23)26(30)29-24(17-8-3-1-4-9-17)18-10-5-2-6-11-18/h1-6,8-11,14-16,21,24,28H,7,12-13H2,(H,29,30). The lowest BCUT2D eigenvalue weighted by Gasteiger charge is -2.26. The highest BCUT2D eigenvalue weighted by atomic mass is 79.9. The maximum Gasteiger partial charge on any atom is 0.229 e. The van der Waals surface area contributed by atoms with Crippen LogP contribution in [-0.2, 0) is 11.2 Å². The van der Waals surface area contributed by atoms with Crippen molar-refractivity contribution in [3.8, 4) is 0 Å². The number of benzene rings is 3. The number of rotatable bonds is 4. The first-order chi connectivity index (χ1) is 14.7. The molecule has 1 heterocycles. The van der Waals surface area contributed by atoms with Crippen molar-refractivity contribution in [2.24, 2.45) is 0 Å². The van der Waals surface area contributed by atoms with Gasteiger partial charge in [-0.1, -0.05) is 76.6 Å². The summed E-state index contributed by atoms with van der Waals surface area (Å²) in [5.41, 5.74) is 5.65. The fourth-order valence-corrected chi connectivity index (χ4v) is 4.95. The number of H-pyrrole nitrogens is 1. The van der Waals surface area contributed by atoms with Crippen LogP contribution >= 0.6 is 15.9 Å². The van der Waals surface area contributed by atoms with Gasteiger partial charge >= 0.3 is 0 Å². The third kappa shape index (κ3) is 3.56. The molecule has 3 aromatic carbocycles. The van der Waals surface area contributed by atoms with E-state index in [9.17, 15) is 4.79 Å². The van der Waals surface area contributed by atoms with Gasteiger partial charge in [0.05, 0.1) is 12.0 Å². The molecule has 0 radical (unpaired) electrons. The molecular weight excluding hydrogens is 436 g/mol. The van der Waals surface area contributed by atoms with Crippen molar-refractivity contribution in [3.63, 3.8) is 0 Å². The second-order valence-corrected chi connectivity index (χ2v) is 8.83. The summed E-state index contributed by atoms with van der Waals surface area (Å²) < 4.78 is 1.07. The Kier molecular flexibility index (Phi) is 5.17. The molecule has 3 nitrogen and oxygen atoms in total. The molecule has 1 aliphatic rings. The van der Waals surface area contributed by atoms with Crippen LogP contribution in [0.1, 0.15) is 47.2 Å². The number of carbonyl (C=O) groups is 1. The minimum Gasteiger partial charge on any atom is -0.357 e. The minimum atomic E-state index is -0.163. The number of fused-ring (bicyclic) bond motifs is 3. The van der Waals surface area contributed by atoms with E-state index in [-0.39, 0.29) is 17.9 Å². The molecule has 30 heavy (non-hydrogen) atoms. The smallest absolute Gasteiger partial charge is 0.229 e. The number of amides is 1. The van der Waals surface area contributed by atoms with Crippen LogP contribution in [0.15, 0.2) is 83.3 Å². The summed E-state index contributed by atoms with van der Waals surface area (Å²) in [6.45, 7) is 0. The van der Waals surface area contributed by atoms with Crippen LogP contribution in [0.5, 0.6) is 0 Å². The Hall–Kier alpha value is -2.85. The normalized spacial score (nSPS) is 15.9. The first-order valence-electron chi connectivity index (χ1n) is 10.4. The van der Waals surface area contributed by atoms with Gasteiger partial charge in [-0.15, -0.1) is 0 Å². The molecule has 0 saturated heterocycles. The third-order valence-electron chi connectivity index (χ3n) is 6.04. The third-order valence-corrected chi connectivity index (χ3v) is 6.53. The summed E-state index contributed by atoms with van der Waals surface area (Å²) in [6.07, 6.45) is 2.89. The van der Waals surface area contributed by atoms with Gasteiger partial charge in [0.2, 0.25) is 5.91 Å². The zero-order chi connectivity index (χ0) is 20.5. The summed E-state index contributed by atoms with van der Waals surface area (Å²) in [5.74, 6) is -0.0749. The molecule has 0 saturated carbocycles. The van der Waals surface area contributed by atoms with Gasteiger partial charge in [-0.05, 0) is 54.2 Å². The average molecular weight is 459 g/mol. The largest absolute Gasteiger partial charge is 0.357 e. The van der Waals surface area contributed by atoms with Crippen molar-refractivity contribution in [1.82, 2.24) is 10.3 Å². The maximum atomic E-state index is 13.5. The lowest BCUT2D eigenvalue weighted by molar-refractivity contribution is -0.123. The summed E-state index contributed by atoms with van der Waals surface area (Å²) in [7, 11) is 0. The molecule has 4 heteroatoms. The second-order valence-electron chi connectivity index (χ2n) is 7.91. The van der Waals surface area contributed by atoms with Crippen LogP contribution in [-0.4, -0.2) is 10.9 Å². The molecule has 0 spiro atoms. The number of hydrogen-bond acceptors (Lipinski definition) is 1. The number of aromatic nitrogens is 1. The van der Waals surface area contributed by atoms with Crippen LogP contribution in [0.4, 0.5) is 0 Å². The van der Waals surface area contributed by atoms with Gasteiger partial charge in [0.25, 0.3) is 0 Å². The van der Waals surface area contributed by atoms with Crippen LogP contribution in [0.3, 0.4) is 0 Å². The molecule has 2 N–H and O–H groups in total. The predicted molar refractivity (Wildman–Crippen MR) is 125 cm³/mol. The lowest BCUT2D eigenvalue weighted by Crippen LogP contribution is -2.35. The fourth-order valence-electron chi connectivity index (χ4n) is 4.59. The molecule has 0 aliphatic heterocycles. The zero-order valence-electron chi connectivity index (χ0n) is 16.6. The van der Waals surface area contributed by atoms with E-state index in [0.717, 1.165) is 46.1 Å². The number of nitrogens with one attached hydrogen (secondary N) is 2. The van der Waals surface area contributed by atoms with Crippen molar-refractivity contribution in [1.29, 1.82) is 0 Å². The number of carbonyl (C=O) groups excluding carboxylic acids is 1. The Balaban J connectivity index is 1.49. The molecule has 1 unspecified atom stereocenters. The summed E-state index contributed by atoms with van der Waals surface area (Å²) >= 11 is 3.58. The van der Waals surface area contributed by atoms with Crippen molar-refractivity contribution in [2.45, 2.75) is 31.2 Å². The van der Waals surface area contributed by atoms with Gasteiger partial charge in [-0.3, -0.25) is 4.79 Å². The van der Waals surface area contributed by atoms with E-state index in [1.54, 1.807) is 0 Å². The first-order valence-corrected chi connectivity index (χ1v) is 11.2. The van der Waals surface area contributed by atoms with Crippen LogP contribution < -0.4 is 5.32 Å². The summed E-state index contributed by atoms with van der Waals surface area (Å²) in [5, 5.41) is 4.57. The van der Waals surface area contributed by atoms with Crippen molar-refractivity contribution in [2.75, 3.05) is 0 Å². The molecule has 5 rings (SSSR count). The predicted octanol–water partition coefficient (Wildman–Crippen LogP) is 6.26. The Morgan fingerprint density at radius 3 is 2.30 bits per heavy atom. The van der Waals surface area contributed by atoms with E-state index in [0.29, 0.717) is 0 Å². The number of aromatic amines is 1. The van der Waals surface area contributed by atoms with Gasteiger partial charge in [0.1, 0.15) is 0 Å². The van der Waals surface area contributed by atoms with Crippen LogP contribution in [0.2, 0.25) is 0 Å². The second kappa shape index (κ2) is 8.11. The van der Waals surface area contributed by atoms with Crippen molar-refractivity contribution in [3.05, 3.63) is 106 Å². The van der Waals surface area contributed by atoms with Gasteiger partial charge in [-0.2, -0.15) is 0 Å². The fraction of sp³-hybridized carbons (Fsp3) is 0.192. The van der Waals surface area contributed by atoms with E-state index in [1.165, 1.54) is 10.9 Å². The number of hydrogen-bond donors (Lipinski definition) is 2. The summed E-state index contributed by atoms with van der Waals surface area (Å²) in [4.78, 5) is 17.1. The van der Waals surface area contributed by atoms with E-state index in [4.69, 9.17) is 0 Å². The molecule has 0 bridgehead atoms. The zero-order valence-corrected chi connectivity index (χ0v) is 18.2. The Morgan fingerprint density at radius 1 is 0.967 bits per heavy atom. The minimum absolute atomic E-state index is 0.0827. The van der Waals surface area contributed by atoms with Gasteiger partial charge in [0.15, 0.2) is 0 Å². The Labute approximate surface area is 184 Å². The molecule has 1 aliphatic carbocycles. The molecule has 1 atom stereocenters. The average Bonchev–Trinajstić information content (AvgIpc) is 3.16. The monoisotopic (exact) mass is 458 g/mol. The molecular formula is C26H23BrN2O. The van der Waals surface area contributed by atoms with E-state index < -0.39 is 0 Å². The van der Waals surface area contributed by atoms with Gasteiger partial charge in [0, 0.05) is 21.1 Å². The molecule has 0 fully saturated rings. The molecule has 4 aromatic rings. The topological polar surface area (TPSA) is 44.9 Å².